The highest BCUT2D eigenvalue weighted by Crippen LogP contribution is 2.43. The molecule has 2 N–H and O–H groups in total. The minimum Gasteiger partial charge on any atom is -0.494 e. The van der Waals surface area contributed by atoms with Crippen molar-refractivity contribution in [3.05, 3.63) is 65.2 Å². The third-order valence-electron chi connectivity index (χ3n) is 7.55. The van der Waals surface area contributed by atoms with Crippen LogP contribution in [0.4, 0.5) is 0 Å². The molecule has 2 aliphatic carbocycles. The molecule has 0 radical (unpaired) electrons. The van der Waals surface area contributed by atoms with E-state index in [1.165, 1.54) is 42.7 Å². The number of likely N-dealkylation sites (tertiary alicyclic amines) is 1. The van der Waals surface area contributed by atoms with Crippen molar-refractivity contribution in [3.63, 3.8) is 0 Å². The Balaban J connectivity index is 1.29. The molecular formula is C26H34N2O3S. The van der Waals surface area contributed by atoms with Crippen molar-refractivity contribution in [2.24, 2.45) is 17.0 Å². The highest BCUT2D eigenvalue weighted by molar-refractivity contribution is 7.89. The van der Waals surface area contributed by atoms with Crippen molar-refractivity contribution in [3.8, 4) is 5.75 Å². The largest absolute Gasteiger partial charge is 0.494 e. The van der Waals surface area contributed by atoms with Crippen molar-refractivity contribution in [1.82, 2.24) is 4.90 Å². The van der Waals surface area contributed by atoms with Gasteiger partial charge in [0.1, 0.15) is 5.75 Å². The van der Waals surface area contributed by atoms with E-state index < -0.39 is 15.3 Å². The molecule has 1 saturated heterocycles. The Labute approximate surface area is 192 Å². The summed E-state index contributed by atoms with van der Waals surface area (Å²) in [5.74, 6) is 2.17. The Morgan fingerprint density at radius 2 is 1.88 bits per heavy atom. The molecule has 1 aliphatic heterocycles. The standard InChI is InChI=1S/C26H34N2O3S/c27-32(29,30)26(20-7-8-20)11-14-31-23-10-9-21-16-22(18-28-12-4-13-28)24(25(21)17-23)15-19-5-2-1-3-6-19/h1-3,5-6,9-10,17,20,22,24,26H,4,7-8,11-16,18H2,(H2,27,29,30). The van der Waals surface area contributed by atoms with Gasteiger partial charge in [0.25, 0.3) is 0 Å². The molecule has 0 aromatic heterocycles. The fourth-order valence-corrected chi connectivity index (χ4v) is 6.77. The Bertz CT molecular complexity index is 1030. The molecule has 0 bridgehead atoms. The number of primary sulfonamides is 1. The predicted molar refractivity (Wildman–Crippen MR) is 127 cm³/mol. The number of nitrogens with two attached hydrogens (primary N) is 1. The zero-order valence-electron chi connectivity index (χ0n) is 18.7. The zero-order valence-corrected chi connectivity index (χ0v) is 19.5. The first-order chi connectivity index (χ1) is 15.5. The molecule has 32 heavy (non-hydrogen) atoms. The van der Waals surface area contributed by atoms with Gasteiger partial charge < -0.3 is 9.64 Å². The molecule has 5 nitrogen and oxygen atoms in total. The average Bonchev–Trinajstić information content (AvgIpc) is 3.51. The Kier molecular flexibility index (Phi) is 6.28. The maximum Gasteiger partial charge on any atom is 0.212 e. The van der Waals surface area contributed by atoms with Crippen molar-refractivity contribution >= 4 is 10.0 Å². The van der Waals surface area contributed by atoms with Crippen LogP contribution in [0.15, 0.2) is 48.5 Å². The predicted octanol–water partition coefficient (Wildman–Crippen LogP) is 3.73. The third-order valence-corrected chi connectivity index (χ3v) is 9.01. The van der Waals surface area contributed by atoms with E-state index in [2.05, 4.69) is 47.4 Å². The summed E-state index contributed by atoms with van der Waals surface area (Å²) in [5, 5.41) is 4.98. The molecular weight excluding hydrogens is 420 g/mol. The van der Waals surface area contributed by atoms with Crippen molar-refractivity contribution in [2.45, 2.75) is 49.7 Å². The van der Waals surface area contributed by atoms with E-state index in [4.69, 9.17) is 9.88 Å². The van der Waals surface area contributed by atoms with Gasteiger partial charge in [0.05, 0.1) is 11.9 Å². The van der Waals surface area contributed by atoms with Crippen LogP contribution in [0.1, 0.15) is 48.3 Å². The molecule has 5 rings (SSSR count). The first-order valence-electron chi connectivity index (χ1n) is 12.0. The number of rotatable bonds is 10. The molecule has 0 spiro atoms. The Morgan fingerprint density at radius 3 is 2.53 bits per heavy atom. The molecule has 1 heterocycles. The summed E-state index contributed by atoms with van der Waals surface area (Å²) >= 11 is 0. The number of hydrogen-bond donors (Lipinski definition) is 1. The Morgan fingerprint density at radius 1 is 1.09 bits per heavy atom. The lowest BCUT2D eigenvalue weighted by Crippen LogP contribution is -2.41. The molecule has 2 aromatic rings. The van der Waals surface area contributed by atoms with Gasteiger partial charge >= 0.3 is 0 Å². The average molecular weight is 455 g/mol. The topological polar surface area (TPSA) is 72.6 Å². The van der Waals surface area contributed by atoms with Gasteiger partial charge in [-0.1, -0.05) is 36.4 Å². The highest BCUT2D eigenvalue weighted by atomic mass is 32.2. The second-order valence-electron chi connectivity index (χ2n) is 9.88. The summed E-state index contributed by atoms with van der Waals surface area (Å²) in [7, 11) is -3.51. The van der Waals surface area contributed by atoms with Crippen molar-refractivity contribution in [2.75, 3.05) is 26.2 Å². The van der Waals surface area contributed by atoms with E-state index in [0.29, 0.717) is 24.9 Å². The normalized spacial score (nSPS) is 24.0. The smallest absolute Gasteiger partial charge is 0.212 e. The van der Waals surface area contributed by atoms with Crippen LogP contribution < -0.4 is 9.88 Å². The van der Waals surface area contributed by atoms with E-state index >= 15 is 0 Å². The van der Waals surface area contributed by atoms with Gasteiger partial charge in [-0.25, -0.2) is 13.6 Å². The second kappa shape index (κ2) is 9.16. The summed E-state index contributed by atoms with van der Waals surface area (Å²) in [6.45, 7) is 4.01. The highest BCUT2D eigenvalue weighted by Gasteiger charge is 2.38. The van der Waals surface area contributed by atoms with Gasteiger partial charge in [0.2, 0.25) is 10.0 Å². The maximum absolute atomic E-state index is 11.9. The van der Waals surface area contributed by atoms with E-state index in [9.17, 15) is 8.42 Å². The SMILES string of the molecule is NS(=O)(=O)C(CCOc1ccc2c(c1)C(Cc1ccccc1)C(CN1CCC1)C2)C1CC1. The molecule has 1 saturated carbocycles. The van der Waals surface area contributed by atoms with Crippen LogP contribution in [0, 0.1) is 11.8 Å². The van der Waals surface area contributed by atoms with Gasteiger partial charge in [0.15, 0.2) is 0 Å². The molecule has 0 amide bonds. The van der Waals surface area contributed by atoms with Crippen molar-refractivity contribution < 1.29 is 13.2 Å². The van der Waals surface area contributed by atoms with E-state index in [-0.39, 0.29) is 5.92 Å². The fourth-order valence-electron chi connectivity index (χ4n) is 5.53. The van der Waals surface area contributed by atoms with Crippen LogP contribution in [-0.4, -0.2) is 44.8 Å². The van der Waals surface area contributed by atoms with Crippen LogP contribution in [0.2, 0.25) is 0 Å². The van der Waals surface area contributed by atoms with Gasteiger partial charge in [-0.2, -0.15) is 0 Å². The van der Waals surface area contributed by atoms with E-state index in [1.54, 1.807) is 0 Å². The number of sulfonamides is 1. The van der Waals surface area contributed by atoms with Crippen LogP contribution in [-0.2, 0) is 22.9 Å². The molecule has 2 fully saturated rings. The van der Waals surface area contributed by atoms with Crippen LogP contribution in [0.5, 0.6) is 5.75 Å². The minimum absolute atomic E-state index is 0.214. The Hall–Kier alpha value is -1.89. The molecule has 3 atom stereocenters. The summed E-state index contributed by atoms with van der Waals surface area (Å²) in [4.78, 5) is 2.58. The van der Waals surface area contributed by atoms with Crippen LogP contribution >= 0.6 is 0 Å². The number of ether oxygens (including phenoxy) is 1. The summed E-state index contributed by atoms with van der Waals surface area (Å²) in [6, 6.07) is 17.3. The number of fused-ring (bicyclic) bond motifs is 1. The maximum atomic E-state index is 11.9. The van der Waals surface area contributed by atoms with Crippen LogP contribution in [0.25, 0.3) is 0 Å². The summed E-state index contributed by atoms with van der Waals surface area (Å²) in [6.07, 6.45) is 5.87. The molecule has 2 aromatic carbocycles. The zero-order chi connectivity index (χ0) is 22.1. The van der Waals surface area contributed by atoms with E-state index in [0.717, 1.165) is 31.4 Å². The third kappa shape index (κ3) is 5.03. The first-order valence-corrected chi connectivity index (χ1v) is 13.6. The molecule has 3 unspecified atom stereocenters. The van der Waals surface area contributed by atoms with E-state index in [1.807, 2.05) is 6.07 Å². The number of hydrogen-bond acceptors (Lipinski definition) is 4. The van der Waals surface area contributed by atoms with Crippen molar-refractivity contribution in [1.29, 1.82) is 0 Å². The number of benzene rings is 2. The number of nitrogens with zero attached hydrogens (tertiary/aromatic N) is 1. The monoisotopic (exact) mass is 454 g/mol. The fraction of sp³-hybridized carbons (Fsp3) is 0.538. The molecule has 3 aliphatic rings. The van der Waals surface area contributed by atoms with Crippen LogP contribution in [0.3, 0.4) is 0 Å². The minimum atomic E-state index is -3.51. The summed E-state index contributed by atoms with van der Waals surface area (Å²) in [5.41, 5.74) is 4.22. The molecule has 6 heteroatoms. The lowest BCUT2D eigenvalue weighted by atomic mass is 9.86. The first kappa shape index (κ1) is 21.9. The quantitative estimate of drug-likeness (QED) is 0.594. The van der Waals surface area contributed by atoms with Gasteiger partial charge in [-0.05, 0) is 98.2 Å². The lowest BCUT2D eigenvalue weighted by Gasteiger charge is -2.35. The molecule has 172 valence electrons. The second-order valence-corrected chi connectivity index (χ2v) is 11.7. The van der Waals surface area contributed by atoms with Gasteiger partial charge in [0, 0.05) is 6.54 Å². The summed E-state index contributed by atoms with van der Waals surface area (Å²) < 4.78 is 29.8. The van der Waals surface area contributed by atoms with Gasteiger partial charge in [-0.15, -0.1) is 0 Å². The lowest BCUT2D eigenvalue weighted by molar-refractivity contribution is 0.145. The van der Waals surface area contributed by atoms with Gasteiger partial charge in [-0.3, -0.25) is 0 Å².